The summed E-state index contributed by atoms with van der Waals surface area (Å²) in [4.78, 5) is 0. The summed E-state index contributed by atoms with van der Waals surface area (Å²) in [5.74, 6) is 1.35. The van der Waals surface area contributed by atoms with Crippen molar-refractivity contribution in [1.29, 1.82) is 0 Å². The molecule has 0 aromatic carbocycles. The van der Waals surface area contributed by atoms with Gasteiger partial charge in [-0.15, -0.1) is 0 Å². The van der Waals surface area contributed by atoms with E-state index in [9.17, 15) is 9.67 Å². The van der Waals surface area contributed by atoms with Gasteiger partial charge < -0.3 is 5.11 Å². The zero-order chi connectivity index (χ0) is 9.10. The molecule has 5 atom stereocenters. The fraction of sp³-hybridized carbons (Fsp3) is 1.00. The molecule has 0 spiro atoms. The van der Waals surface area contributed by atoms with Gasteiger partial charge in [0.1, 0.15) is 0 Å². The van der Waals surface area contributed by atoms with Crippen molar-refractivity contribution in [2.24, 2.45) is 11.8 Å². The maximum atomic E-state index is 11.2. The molecular weight excluding hydrogens is 183 g/mol. The highest BCUT2D eigenvalue weighted by atomic mass is 31.1. The lowest BCUT2D eigenvalue weighted by Gasteiger charge is -2.54. The molecule has 0 aromatic rings. The summed E-state index contributed by atoms with van der Waals surface area (Å²) in [5.41, 5.74) is -0.429. The smallest absolute Gasteiger partial charge is 0.331 e. The normalized spacial score (nSPS) is 58.8. The van der Waals surface area contributed by atoms with E-state index >= 15 is 0 Å². The summed E-state index contributed by atoms with van der Waals surface area (Å²) in [7, 11) is -0.198. The molecule has 0 heterocycles. The third-order valence-corrected chi connectivity index (χ3v) is 5.26. The van der Waals surface area contributed by atoms with Crippen LogP contribution in [0.4, 0.5) is 0 Å². The van der Waals surface area contributed by atoms with Crippen molar-refractivity contribution < 1.29 is 9.67 Å². The van der Waals surface area contributed by atoms with Gasteiger partial charge in [-0.2, -0.15) is 0 Å². The van der Waals surface area contributed by atoms with Crippen molar-refractivity contribution in [2.45, 2.75) is 49.3 Å². The Hall–Kier alpha value is 0.0600. The maximum absolute atomic E-state index is 11.2. The molecule has 3 heteroatoms. The number of hydrogen-bond acceptors (Lipinski definition) is 2. The second-order valence-electron chi connectivity index (χ2n) is 5.57. The molecule has 0 saturated heterocycles. The molecule has 2 nitrogen and oxygen atoms in total. The Balaban J connectivity index is 2.00. The molecule has 0 amide bonds. The Morgan fingerprint density at radius 1 is 1.15 bits per heavy atom. The molecule has 1 N–H and O–H groups in total. The van der Waals surface area contributed by atoms with Gasteiger partial charge in [0, 0.05) is 6.42 Å². The standard InChI is InChI=1S/C10H15O2P/c11-9-2-7-1-8(3-9)5-10(4-7,6-9)13-12/h7-8,11H,1-6H2/p+1/t7-,8+,9?,10?. The predicted octanol–water partition coefficient (Wildman–Crippen LogP) is 2.09. The summed E-state index contributed by atoms with van der Waals surface area (Å²) in [6.45, 7) is 0. The minimum atomic E-state index is -0.429. The van der Waals surface area contributed by atoms with Gasteiger partial charge in [-0.05, 0) is 43.9 Å². The van der Waals surface area contributed by atoms with E-state index in [2.05, 4.69) is 0 Å². The molecule has 0 aliphatic heterocycles. The zero-order valence-corrected chi connectivity index (χ0v) is 8.75. The summed E-state index contributed by atoms with van der Waals surface area (Å²) in [5, 5.41) is 10.3. The van der Waals surface area contributed by atoms with E-state index in [1.807, 2.05) is 0 Å². The Morgan fingerprint density at radius 3 is 2.23 bits per heavy atom. The van der Waals surface area contributed by atoms with Crippen molar-refractivity contribution in [3.8, 4) is 0 Å². The van der Waals surface area contributed by atoms with E-state index in [1.165, 1.54) is 6.42 Å². The third-order valence-electron chi connectivity index (χ3n) is 4.25. The molecule has 72 valence electrons. The lowest BCUT2D eigenvalue weighted by atomic mass is 9.54. The highest BCUT2D eigenvalue weighted by Crippen LogP contribution is 2.61. The Kier molecular flexibility index (Phi) is 1.51. The minimum absolute atomic E-state index is 0.0266. The second-order valence-corrected chi connectivity index (χ2v) is 6.83. The summed E-state index contributed by atoms with van der Waals surface area (Å²) in [6.07, 6.45) is 6.30. The van der Waals surface area contributed by atoms with Crippen LogP contribution < -0.4 is 0 Å². The van der Waals surface area contributed by atoms with Gasteiger partial charge in [0.15, 0.2) is 5.16 Å². The summed E-state index contributed by atoms with van der Waals surface area (Å²) < 4.78 is 11.2. The topological polar surface area (TPSA) is 37.3 Å². The first-order valence-corrected chi connectivity index (χ1v) is 6.16. The predicted molar refractivity (Wildman–Crippen MR) is 51.4 cm³/mol. The molecule has 4 rings (SSSR count). The van der Waals surface area contributed by atoms with Gasteiger partial charge in [0.05, 0.1) is 5.60 Å². The lowest BCUT2D eigenvalue weighted by Crippen LogP contribution is -2.56. The van der Waals surface area contributed by atoms with E-state index in [-0.39, 0.29) is 13.6 Å². The van der Waals surface area contributed by atoms with Gasteiger partial charge in [-0.3, -0.25) is 0 Å². The van der Waals surface area contributed by atoms with E-state index < -0.39 is 5.60 Å². The molecule has 0 aromatic heterocycles. The number of rotatable bonds is 1. The highest BCUT2D eigenvalue weighted by Gasteiger charge is 2.61. The van der Waals surface area contributed by atoms with Crippen molar-refractivity contribution in [1.82, 2.24) is 0 Å². The van der Waals surface area contributed by atoms with Crippen molar-refractivity contribution in [3.05, 3.63) is 0 Å². The highest BCUT2D eigenvalue weighted by molar-refractivity contribution is 7.26. The molecule has 13 heavy (non-hydrogen) atoms. The molecule has 4 aliphatic rings. The Bertz CT molecular complexity index is 250. The number of aliphatic hydroxyl groups is 1. The van der Waals surface area contributed by atoms with Gasteiger partial charge in [0.2, 0.25) is 0 Å². The van der Waals surface area contributed by atoms with Gasteiger partial charge in [-0.25, -0.2) is 0 Å². The molecule has 0 radical (unpaired) electrons. The summed E-state index contributed by atoms with van der Waals surface area (Å²) in [6, 6.07) is 0. The van der Waals surface area contributed by atoms with Crippen LogP contribution in [0, 0.1) is 11.8 Å². The van der Waals surface area contributed by atoms with E-state index in [0.29, 0.717) is 11.8 Å². The molecule has 4 fully saturated rings. The maximum Gasteiger partial charge on any atom is 0.331 e. The number of hydrogen-bond donors (Lipinski definition) is 1. The molecule has 4 aliphatic carbocycles. The SMILES string of the molecule is O=[PH+]C12C[C@@H]3C[C@@H](CC(O)(C3)C1)C2. The van der Waals surface area contributed by atoms with Gasteiger partial charge in [-0.1, -0.05) is 4.57 Å². The quantitative estimate of drug-likeness (QED) is 0.656. The van der Waals surface area contributed by atoms with Crippen molar-refractivity contribution in [2.75, 3.05) is 0 Å². The van der Waals surface area contributed by atoms with Gasteiger partial charge >= 0.3 is 8.46 Å². The Labute approximate surface area is 79.9 Å². The lowest BCUT2D eigenvalue weighted by molar-refractivity contribution is -0.115. The van der Waals surface area contributed by atoms with Crippen molar-refractivity contribution in [3.63, 3.8) is 0 Å². The van der Waals surface area contributed by atoms with Crippen LogP contribution in [-0.4, -0.2) is 15.9 Å². The Morgan fingerprint density at radius 2 is 1.77 bits per heavy atom. The van der Waals surface area contributed by atoms with Crippen LogP contribution in [0.2, 0.25) is 0 Å². The zero-order valence-electron chi connectivity index (χ0n) is 7.75. The van der Waals surface area contributed by atoms with Crippen molar-refractivity contribution >= 4 is 8.46 Å². The van der Waals surface area contributed by atoms with Crippen LogP contribution in [0.15, 0.2) is 0 Å². The van der Waals surface area contributed by atoms with Gasteiger partial charge in [0.25, 0.3) is 0 Å². The first-order valence-electron chi connectivity index (χ1n) is 5.25. The van der Waals surface area contributed by atoms with Crippen LogP contribution in [0.1, 0.15) is 38.5 Å². The molecule has 4 bridgehead atoms. The van der Waals surface area contributed by atoms with Crippen LogP contribution in [-0.2, 0) is 4.57 Å². The van der Waals surface area contributed by atoms with Crippen LogP contribution in [0.25, 0.3) is 0 Å². The summed E-state index contributed by atoms with van der Waals surface area (Å²) >= 11 is 0. The molecular formula is C10H16O2P+. The second kappa shape index (κ2) is 2.35. The van der Waals surface area contributed by atoms with Crippen LogP contribution in [0.5, 0.6) is 0 Å². The fourth-order valence-corrected chi connectivity index (χ4v) is 5.48. The molecule has 4 saturated carbocycles. The monoisotopic (exact) mass is 199 g/mol. The van der Waals surface area contributed by atoms with E-state index in [1.54, 1.807) is 0 Å². The largest absolute Gasteiger partial charge is 0.390 e. The average molecular weight is 199 g/mol. The van der Waals surface area contributed by atoms with Crippen LogP contribution in [0.3, 0.4) is 0 Å². The third kappa shape index (κ3) is 1.12. The van der Waals surface area contributed by atoms with E-state index in [0.717, 1.165) is 32.1 Å². The first-order chi connectivity index (χ1) is 6.13. The molecule has 3 unspecified atom stereocenters. The minimum Gasteiger partial charge on any atom is -0.390 e. The van der Waals surface area contributed by atoms with Crippen LogP contribution >= 0.6 is 8.46 Å². The van der Waals surface area contributed by atoms with E-state index in [4.69, 9.17) is 0 Å². The fourth-order valence-electron chi connectivity index (χ4n) is 4.33. The first kappa shape index (κ1) is 8.38. The average Bonchev–Trinajstić information content (AvgIpc) is 1.99.